The van der Waals surface area contributed by atoms with Gasteiger partial charge in [-0.3, -0.25) is 9.97 Å². The molecule has 2 aromatic carbocycles. The number of aromatic amines is 2. The molecule has 186 valence electrons. The number of hydrogen-bond acceptors (Lipinski definition) is 3. The van der Waals surface area contributed by atoms with Gasteiger partial charge in [-0.1, -0.05) is 42.5 Å². The van der Waals surface area contributed by atoms with Crippen LogP contribution in [0.3, 0.4) is 0 Å². The summed E-state index contributed by atoms with van der Waals surface area (Å²) >= 11 is 0. The van der Waals surface area contributed by atoms with Crippen molar-refractivity contribution in [1.82, 2.24) is 24.9 Å². The fourth-order valence-corrected chi connectivity index (χ4v) is 6.58. The van der Waals surface area contributed by atoms with Crippen molar-refractivity contribution >= 4 is 43.6 Å². The van der Waals surface area contributed by atoms with Gasteiger partial charge in [0.2, 0.25) is 0 Å². The van der Waals surface area contributed by atoms with Gasteiger partial charge in [-0.05, 0) is 60.1 Å². The molecular weight excluding hydrogens is 474 g/mol. The molecule has 5 heterocycles. The van der Waals surface area contributed by atoms with Crippen LogP contribution >= 0.6 is 0 Å². The van der Waals surface area contributed by atoms with Crippen molar-refractivity contribution in [3.8, 4) is 22.8 Å². The van der Waals surface area contributed by atoms with Crippen LogP contribution in [0, 0.1) is 0 Å². The number of nitrogens with zero attached hydrogens (tertiary/aromatic N) is 3. The zero-order valence-electron chi connectivity index (χ0n) is 20.5. The topological polar surface area (TPSA) is 133 Å². The van der Waals surface area contributed by atoms with E-state index in [0.29, 0.717) is 0 Å². The highest BCUT2D eigenvalue weighted by Crippen LogP contribution is 2.43. The smallest absolute Gasteiger partial charge is 0.0942 e. The van der Waals surface area contributed by atoms with Gasteiger partial charge in [-0.25, -0.2) is 4.98 Å². The van der Waals surface area contributed by atoms with Crippen LogP contribution in [-0.4, -0.2) is 35.9 Å². The Bertz CT molecular complexity index is 1930. The van der Waals surface area contributed by atoms with E-state index in [9.17, 15) is 0 Å². The van der Waals surface area contributed by atoms with Crippen molar-refractivity contribution in [2.24, 2.45) is 0 Å². The summed E-state index contributed by atoms with van der Waals surface area (Å²) in [7, 11) is 0. The van der Waals surface area contributed by atoms with E-state index in [1.54, 1.807) is 0 Å². The largest absolute Gasteiger partial charge is 0.412 e. The van der Waals surface area contributed by atoms with E-state index in [0.717, 1.165) is 81.3 Å². The minimum absolute atomic E-state index is 0. The molecule has 2 aliphatic carbocycles. The Kier molecular flexibility index (Phi) is 4.73. The number of aryl methyl sites for hydroxylation is 4. The van der Waals surface area contributed by atoms with Crippen LogP contribution in [0.5, 0.6) is 0 Å². The van der Waals surface area contributed by atoms with Crippen LogP contribution in [0.15, 0.2) is 67.0 Å². The van der Waals surface area contributed by atoms with E-state index < -0.39 is 0 Å². The van der Waals surface area contributed by atoms with Gasteiger partial charge in [0.25, 0.3) is 0 Å². The lowest BCUT2D eigenvalue weighted by atomic mass is 9.86. The SMILES string of the molecule is O.O.c1cnc2c(c1)ccc1c3c([nH]c12)-c1nc2c(cc1CC3)CCc1c-2[nH]c2c1ccc1cccnc12. The summed E-state index contributed by atoms with van der Waals surface area (Å²) in [6.45, 7) is 0. The highest BCUT2D eigenvalue weighted by molar-refractivity contribution is 6.08. The van der Waals surface area contributed by atoms with Crippen LogP contribution in [0.25, 0.3) is 66.4 Å². The van der Waals surface area contributed by atoms with Crippen LogP contribution < -0.4 is 0 Å². The van der Waals surface area contributed by atoms with Crippen molar-refractivity contribution in [3.63, 3.8) is 0 Å². The van der Waals surface area contributed by atoms with E-state index >= 15 is 0 Å². The Morgan fingerprint density at radius 2 is 1.08 bits per heavy atom. The number of rotatable bonds is 0. The Labute approximate surface area is 217 Å². The molecule has 0 radical (unpaired) electrons. The third-order valence-corrected chi connectivity index (χ3v) is 8.25. The Morgan fingerprint density at radius 1 is 0.579 bits per heavy atom. The second-order valence-corrected chi connectivity index (χ2v) is 10.1. The molecule has 6 N–H and O–H groups in total. The first-order valence-corrected chi connectivity index (χ1v) is 12.6. The summed E-state index contributed by atoms with van der Waals surface area (Å²) in [6, 6.07) is 19.5. The van der Waals surface area contributed by atoms with Gasteiger partial charge in [0, 0.05) is 33.9 Å². The lowest BCUT2D eigenvalue weighted by molar-refractivity contribution is 0.823. The molecule has 0 bridgehead atoms. The fraction of sp³-hybridized carbons (Fsp3) is 0.129. The summed E-state index contributed by atoms with van der Waals surface area (Å²) < 4.78 is 0. The first kappa shape index (κ1) is 22.6. The van der Waals surface area contributed by atoms with Gasteiger partial charge in [-0.2, -0.15) is 0 Å². The van der Waals surface area contributed by atoms with Gasteiger partial charge in [-0.15, -0.1) is 0 Å². The molecule has 0 spiro atoms. The first-order chi connectivity index (χ1) is 17.8. The molecule has 7 aromatic rings. The molecule has 0 saturated carbocycles. The predicted octanol–water partition coefficient (Wildman–Crippen LogP) is 5.02. The average Bonchev–Trinajstić information content (AvgIpc) is 3.51. The standard InChI is InChI=1S/C31H21N5.2H2O/c1-3-16-5-9-20-22-11-7-18-15-19-8-12-23-21-10-6-17-4-2-14-33-25(17)29(21)36-31(23)27(19)34-26(18)30(22)35-28(20)24(16)32-13-1;;/h1-6,9-10,13-15,35-36H,7-8,11-12H2;2*1H2. The number of hydrogen-bond donors (Lipinski definition) is 2. The summed E-state index contributed by atoms with van der Waals surface area (Å²) in [5, 5.41) is 4.85. The zero-order chi connectivity index (χ0) is 23.4. The molecule has 2 aliphatic rings. The number of benzene rings is 2. The van der Waals surface area contributed by atoms with E-state index in [2.05, 4.69) is 52.4 Å². The number of nitrogens with one attached hydrogen (secondary N) is 2. The molecule has 0 amide bonds. The second-order valence-electron chi connectivity index (χ2n) is 10.1. The Hall–Kier alpha value is -4.59. The Balaban J connectivity index is 0.00000121. The molecule has 7 heteroatoms. The highest BCUT2D eigenvalue weighted by atomic mass is 16.0. The second kappa shape index (κ2) is 7.95. The number of aromatic nitrogens is 5. The molecule has 7 nitrogen and oxygen atoms in total. The Morgan fingerprint density at radius 3 is 1.58 bits per heavy atom. The molecule has 38 heavy (non-hydrogen) atoms. The first-order valence-electron chi connectivity index (χ1n) is 12.6. The molecule has 9 rings (SSSR count). The van der Waals surface area contributed by atoms with Crippen molar-refractivity contribution < 1.29 is 11.0 Å². The van der Waals surface area contributed by atoms with Crippen LogP contribution in [-0.2, 0) is 25.7 Å². The van der Waals surface area contributed by atoms with Gasteiger partial charge in [0.05, 0.1) is 44.8 Å². The molecular formula is C31H25N5O2. The third-order valence-electron chi connectivity index (χ3n) is 8.25. The van der Waals surface area contributed by atoms with Crippen LogP contribution in [0.4, 0.5) is 0 Å². The maximum absolute atomic E-state index is 5.38. The average molecular weight is 500 g/mol. The van der Waals surface area contributed by atoms with Gasteiger partial charge in [0.1, 0.15) is 0 Å². The number of H-pyrrole nitrogens is 2. The lowest BCUT2D eigenvalue weighted by Gasteiger charge is -2.22. The molecule has 0 atom stereocenters. The minimum Gasteiger partial charge on any atom is -0.412 e. The normalized spacial score (nSPS) is 13.5. The van der Waals surface area contributed by atoms with Crippen molar-refractivity contribution in [2.45, 2.75) is 25.7 Å². The van der Waals surface area contributed by atoms with E-state index in [4.69, 9.17) is 15.0 Å². The quantitative estimate of drug-likeness (QED) is 0.303. The summed E-state index contributed by atoms with van der Waals surface area (Å²) in [4.78, 5) is 22.3. The maximum Gasteiger partial charge on any atom is 0.0942 e. The summed E-state index contributed by atoms with van der Waals surface area (Å²) in [5.41, 5.74) is 14.2. The van der Waals surface area contributed by atoms with Crippen molar-refractivity contribution in [3.05, 3.63) is 89.2 Å². The zero-order valence-corrected chi connectivity index (χ0v) is 20.5. The van der Waals surface area contributed by atoms with Crippen molar-refractivity contribution in [2.75, 3.05) is 0 Å². The van der Waals surface area contributed by atoms with Gasteiger partial charge in [0.15, 0.2) is 0 Å². The third kappa shape index (κ3) is 2.82. The summed E-state index contributed by atoms with van der Waals surface area (Å²) in [5.74, 6) is 0. The molecule has 0 saturated heterocycles. The van der Waals surface area contributed by atoms with Crippen molar-refractivity contribution in [1.29, 1.82) is 0 Å². The van der Waals surface area contributed by atoms with Crippen LogP contribution in [0.1, 0.15) is 22.3 Å². The van der Waals surface area contributed by atoms with E-state index in [-0.39, 0.29) is 11.0 Å². The number of fused-ring (bicyclic) bond motifs is 14. The van der Waals surface area contributed by atoms with E-state index in [1.165, 1.54) is 33.0 Å². The molecule has 0 unspecified atom stereocenters. The van der Waals surface area contributed by atoms with Crippen LogP contribution in [0.2, 0.25) is 0 Å². The molecule has 5 aromatic heterocycles. The van der Waals surface area contributed by atoms with E-state index in [1.807, 2.05) is 24.5 Å². The fourth-order valence-electron chi connectivity index (χ4n) is 6.58. The van der Waals surface area contributed by atoms with Gasteiger partial charge >= 0.3 is 0 Å². The van der Waals surface area contributed by atoms with Gasteiger partial charge < -0.3 is 20.9 Å². The molecule has 0 aliphatic heterocycles. The summed E-state index contributed by atoms with van der Waals surface area (Å²) in [6.07, 6.45) is 7.83. The lowest BCUT2D eigenvalue weighted by Crippen LogP contribution is -2.11. The predicted molar refractivity (Wildman–Crippen MR) is 151 cm³/mol. The molecule has 0 fully saturated rings. The number of pyridine rings is 3. The maximum atomic E-state index is 5.38. The highest BCUT2D eigenvalue weighted by Gasteiger charge is 2.28. The minimum atomic E-state index is 0. The monoisotopic (exact) mass is 499 g/mol.